The van der Waals surface area contributed by atoms with E-state index in [1.54, 1.807) is 5.57 Å². The molecule has 0 heterocycles. The maximum atomic E-state index is 10.0. The highest BCUT2D eigenvalue weighted by Crippen LogP contribution is 2.59. The van der Waals surface area contributed by atoms with Crippen LogP contribution in [0.2, 0.25) is 0 Å². The first-order valence-electron chi connectivity index (χ1n) is 12.1. The Hall–Kier alpha value is -0.860. The Bertz CT molecular complexity index is 650. The SMILES string of the molecule is C=C1CC[C@H](O)C/C1=C/C=C1\CCC2(C)C(CCC2C(C)CCCC(C)(C)O)C1. The van der Waals surface area contributed by atoms with E-state index in [2.05, 4.69) is 32.6 Å². The third kappa shape index (κ3) is 5.64. The largest absolute Gasteiger partial charge is 0.393 e. The molecule has 29 heavy (non-hydrogen) atoms. The third-order valence-corrected chi connectivity index (χ3v) is 8.44. The van der Waals surface area contributed by atoms with Gasteiger partial charge in [-0.2, -0.15) is 0 Å². The number of rotatable bonds is 6. The molecule has 3 saturated carbocycles. The van der Waals surface area contributed by atoms with Gasteiger partial charge in [-0.25, -0.2) is 0 Å². The highest BCUT2D eigenvalue weighted by molar-refractivity contribution is 5.35. The number of hydrogen-bond acceptors (Lipinski definition) is 2. The van der Waals surface area contributed by atoms with Gasteiger partial charge in [-0.1, -0.05) is 56.6 Å². The van der Waals surface area contributed by atoms with Gasteiger partial charge < -0.3 is 10.2 Å². The van der Waals surface area contributed by atoms with Crippen LogP contribution < -0.4 is 0 Å². The van der Waals surface area contributed by atoms with E-state index in [1.165, 1.54) is 49.7 Å². The lowest BCUT2D eigenvalue weighted by molar-refractivity contribution is 0.0575. The summed E-state index contributed by atoms with van der Waals surface area (Å²) in [7, 11) is 0. The van der Waals surface area contributed by atoms with Gasteiger partial charge in [0.05, 0.1) is 11.7 Å². The summed E-state index contributed by atoms with van der Waals surface area (Å²) < 4.78 is 0. The number of hydrogen-bond donors (Lipinski definition) is 2. The summed E-state index contributed by atoms with van der Waals surface area (Å²) in [6.07, 6.45) is 16.8. The number of aliphatic hydroxyl groups is 2. The molecule has 164 valence electrons. The second kappa shape index (κ2) is 9.10. The predicted molar refractivity (Wildman–Crippen MR) is 123 cm³/mol. The van der Waals surface area contributed by atoms with Crippen molar-refractivity contribution in [3.63, 3.8) is 0 Å². The van der Waals surface area contributed by atoms with E-state index in [-0.39, 0.29) is 6.10 Å². The molecule has 2 N–H and O–H groups in total. The second-order valence-corrected chi connectivity index (χ2v) is 11.3. The fourth-order valence-corrected chi connectivity index (χ4v) is 6.47. The van der Waals surface area contributed by atoms with Crippen LogP contribution in [0.1, 0.15) is 98.3 Å². The molecular weight excluding hydrogens is 356 g/mol. The molecule has 0 aliphatic heterocycles. The zero-order valence-corrected chi connectivity index (χ0v) is 19.3. The molecule has 3 fully saturated rings. The fraction of sp³-hybridized carbons (Fsp3) is 0.778. The van der Waals surface area contributed by atoms with Crippen LogP contribution in [0, 0.1) is 23.2 Å². The molecule has 0 amide bonds. The molecule has 0 aromatic carbocycles. The van der Waals surface area contributed by atoms with Crippen molar-refractivity contribution in [1.82, 2.24) is 0 Å². The summed E-state index contributed by atoms with van der Waals surface area (Å²) >= 11 is 0. The molecule has 2 heteroatoms. The Kier molecular flexibility index (Phi) is 7.16. The zero-order valence-electron chi connectivity index (χ0n) is 19.3. The van der Waals surface area contributed by atoms with Crippen LogP contribution in [-0.2, 0) is 0 Å². The Morgan fingerprint density at radius 2 is 1.93 bits per heavy atom. The van der Waals surface area contributed by atoms with E-state index in [1.807, 2.05) is 13.8 Å². The predicted octanol–water partition coefficient (Wildman–Crippen LogP) is 6.73. The molecule has 0 saturated heterocycles. The van der Waals surface area contributed by atoms with Gasteiger partial charge in [-0.15, -0.1) is 0 Å². The zero-order chi connectivity index (χ0) is 21.2. The van der Waals surface area contributed by atoms with Crippen molar-refractivity contribution < 1.29 is 10.2 Å². The first-order chi connectivity index (χ1) is 13.6. The Morgan fingerprint density at radius 1 is 1.17 bits per heavy atom. The lowest BCUT2D eigenvalue weighted by Crippen LogP contribution is -2.35. The van der Waals surface area contributed by atoms with Crippen molar-refractivity contribution in [3.8, 4) is 0 Å². The summed E-state index contributed by atoms with van der Waals surface area (Å²) in [6, 6.07) is 0. The third-order valence-electron chi connectivity index (χ3n) is 8.44. The minimum atomic E-state index is -0.527. The van der Waals surface area contributed by atoms with E-state index in [4.69, 9.17) is 0 Å². The van der Waals surface area contributed by atoms with Crippen molar-refractivity contribution in [2.75, 3.05) is 0 Å². The Morgan fingerprint density at radius 3 is 2.66 bits per heavy atom. The van der Waals surface area contributed by atoms with Crippen LogP contribution in [-0.4, -0.2) is 21.9 Å². The van der Waals surface area contributed by atoms with Crippen molar-refractivity contribution in [3.05, 3.63) is 35.5 Å². The topological polar surface area (TPSA) is 40.5 Å². The standard InChI is InChI=1S/C27H44O2/c1-19-8-12-24(28)18-22(19)10-9-21-14-16-27(5)23(17-21)11-13-25(27)20(2)7-6-15-26(3,4)29/h9-10,20,23-25,28-29H,1,6-8,11-18H2,2-5H3/b21-9+,22-10-/t20?,23?,24-,25?,27?/m0/s1. The monoisotopic (exact) mass is 400 g/mol. The van der Waals surface area contributed by atoms with Crippen LogP contribution in [0.3, 0.4) is 0 Å². The average Bonchev–Trinajstić information content (AvgIpc) is 2.98. The van der Waals surface area contributed by atoms with Gasteiger partial charge in [0.1, 0.15) is 0 Å². The van der Waals surface area contributed by atoms with Gasteiger partial charge in [-0.05, 0) is 100 Å². The highest BCUT2D eigenvalue weighted by Gasteiger charge is 2.49. The lowest BCUT2D eigenvalue weighted by atomic mass is 9.61. The van der Waals surface area contributed by atoms with Crippen LogP contribution in [0.4, 0.5) is 0 Å². The van der Waals surface area contributed by atoms with Crippen molar-refractivity contribution in [2.45, 2.75) is 110 Å². The van der Waals surface area contributed by atoms with Crippen LogP contribution >= 0.6 is 0 Å². The van der Waals surface area contributed by atoms with E-state index in [0.29, 0.717) is 5.41 Å². The van der Waals surface area contributed by atoms with Crippen LogP contribution in [0.15, 0.2) is 35.5 Å². The molecule has 0 spiro atoms. The molecular formula is C27H44O2. The molecule has 3 aliphatic rings. The van der Waals surface area contributed by atoms with Crippen LogP contribution in [0.5, 0.6) is 0 Å². The van der Waals surface area contributed by atoms with E-state index < -0.39 is 5.60 Å². The van der Waals surface area contributed by atoms with Gasteiger partial charge in [-0.3, -0.25) is 0 Å². The number of allylic oxidation sites excluding steroid dienone is 4. The molecule has 2 nitrogen and oxygen atoms in total. The minimum absolute atomic E-state index is 0.187. The van der Waals surface area contributed by atoms with Crippen LogP contribution in [0.25, 0.3) is 0 Å². The Balaban J connectivity index is 1.59. The molecule has 5 atom stereocenters. The fourth-order valence-electron chi connectivity index (χ4n) is 6.47. The van der Waals surface area contributed by atoms with Gasteiger partial charge in [0, 0.05) is 0 Å². The molecule has 0 aromatic heterocycles. The summed E-state index contributed by atoms with van der Waals surface area (Å²) in [5.74, 6) is 2.41. The molecule has 0 bridgehead atoms. The van der Waals surface area contributed by atoms with E-state index >= 15 is 0 Å². The maximum absolute atomic E-state index is 10.0. The van der Waals surface area contributed by atoms with Gasteiger partial charge in [0.15, 0.2) is 0 Å². The van der Waals surface area contributed by atoms with Gasteiger partial charge in [0.25, 0.3) is 0 Å². The summed E-state index contributed by atoms with van der Waals surface area (Å²) in [5.41, 5.74) is 4.04. The van der Waals surface area contributed by atoms with E-state index in [9.17, 15) is 10.2 Å². The van der Waals surface area contributed by atoms with Gasteiger partial charge in [0.2, 0.25) is 0 Å². The quantitative estimate of drug-likeness (QED) is 0.518. The van der Waals surface area contributed by atoms with Crippen molar-refractivity contribution in [2.24, 2.45) is 23.2 Å². The highest BCUT2D eigenvalue weighted by atomic mass is 16.3. The Labute approximate surface area is 179 Å². The maximum Gasteiger partial charge on any atom is 0.0591 e. The lowest BCUT2D eigenvalue weighted by Gasteiger charge is -2.44. The summed E-state index contributed by atoms with van der Waals surface area (Å²) in [6.45, 7) is 13.1. The summed E-state index contributed by atoms with van der Waals surface area (Å²) in [5, 5.41) is 20.0. The van der Waals surface area contributed by atoms with Crippen molar-refractivity contribution >= 4 is 0 Å². The minimum Gasteiger partial charge on any atom is -0.393 e. The molecule has 3 rings (SSSR count). The smallest absolute Gasteiger partial charge is 0.0591 e. The first kappa shape index (κ1) is 22.8. The number of fused-ring (bicyclic) bond motifs is 1. The molecule has 0 aromatic rings. The van der Waals surface area contributed by atoms with E-state index in [0.717, 1.165) is 49.9 Å². The molecule has 3 aliphatic carbocycles. The average molecular weight is 401 g/mol. The number of aliphatic hydroxyl groups excluding tert-OH is 1. The molecule has 0 radical (unpaired) electrons. The normalized spacial score (nSPS) is 37.2. The van der Waals surface area contributed by atoms with Crippen molar-refractivity contribution in [1.29, 1.82) is 0 Å². The second-order valence-electron chi connectivity index (χ2n) is 11.3. The molecule has 4 unspecified atom stereocenters. The first-order valence-corrected chi connectivity index (χ1v) is 12.1. The van der Waals surface area contributed by atoms with Gasteiger partial charge >= 0.3 is 0 Å². The summed E-state index contributed by atoms with van der Waals surface area (Å²) in [4.78, 5) is 0.